The second-order valence-corrected chi connectivity index (χ2v) is 5.30. The largest absolute Gasteiger partial charge is 0.318 e. The molecule has 15 heavy (non-hydrogen) atoms. The van der Waals surface area contributed by atoms with Gasteiger partial charge in [0.1, 0.15) is 0 Å². The first kappa shape index (κ1) is 12.4. The third-order valence-corrected chi connectivity index (χ3v) is 4.47. The molecule has 2 heteroatoms. The van der Waals surface area contributed by atoms with E-state index in [0.29, 0.717) is 5.92 Å². The van der Waals surface area contributed by atoms with E-state index >= 15 is 0 Å². The second-order valence-electron chi connectivity index (χ2n) is 5.30. The van der Waals surface area contributed by atoms with E-state index in [1.165, 1.54) is 5.57 Å². The van der Waals surface area contributed by atoms with Crippen molar-refractivity contribution in [3.63, 3.8) is 0 Å². The summed E-state index contributed by atoms with van der Waals surface area (Å²) in [6.07, 6.45) is 0. The van der Waals surface area contributed by atoms with Crippen molar-refractivity contribution >= 4 is 5.78 Å². The molecular formula is C13H23NO. The van der Waals surface area contributed by atoms with Crippen LogP contribution in [0.25, 0.3) is 0 Å². The second kappa shape index (κ2) is 3.75. The van der Waals surface area contributed by atoms with Crippen LogP contribution in [0.3, 0.4) is 0 Å². The van der Waals surface area contributed by atoms with Gasteiger partial charge in [0.2, 0.25) is 0 Å². The molecule has 0 heterocycles. The zero-order valence-electron chi connectivity index (χ0n) is 10.7. The Hall–Kier alpha value is -0.630. The molecule has 2 nitrogen and oxygen atoms in total. The fourth-order valence-electron chi connectivity index (χ4n) is 2.63. The van der Waals surface area contributed by atoms with E-state index in [9.17, 15) is 4.79 Å². The summed E-state index contributed by atoms with van der Waals surface area (Å²) in [5, 5.41) is 0. The van der Waals surface area contributed by atoms with Crippen LogP contribution in [-0.2, 0) is 4.79 Å². The number of hydrogen-bond donors (Lipinski definition) is 1. The third kappa shape index (κ3) is 1.55. The number of rotatable bonds is 1. The molecule has 0 aliphatic heterocycles. The van der Waals surface area contributed by atoms with Gasteiger partial charge in [-0.05, 0) is 37.2 Å². The molecule has 3 unspecified atom stereocenters. The van der Waals surface area contributed by atoms with Crippen molar-refractivity contribution in [3.8, 4) is 0 Å². The van der Waals surface area contributed by atoms with Crippen LogP contribution in [-0.4, -0.2) is 11.3 Å². The number of nitrogens with two attached hydrogens (primary N) is 1. The monoisotopic (exact) mass is 209 g/mol. The zero-order chi connectivity index (χ0) is 12.0. The number of Topliss-reactive ketones (excluding diaryl/α,β-unsaturated/α-hetero) is 1. The average molecular weight is 209 g/mol. The molecule has 1 rings (SSSR count). The van der Waals surface area contributed by atoms with Crippen molar-refractivity contribution in [2.24, 2.45) is 23.5 Å². The van der Waals surface area contributed by atoms with Gasteiger partial charge in [-0.15, -0.1) is 0 Å². The highest BCUT2D eigenvalue weighted by Gasteiger charge is 2.48. The maximum Gasteiger partial charge on any atom is 0.178 e. The lowest BCUT2D eigenvalue weighted by molar-refractivity contribution is -0.125. The van der Waals surface area contributed by atoms with E-state index in [2.05, 4.69) is 13.8 Å². The maximum absolute atomic E-state index is 12.3. The topological polar surface area (TPSA) is 43.1 Å². The Labute approximate surface area is 92.9 Å². The first-order valence-corrected chi connectivity index (χ1v) is 5.75. The van der Waals surface area contributed by atoms with Crippen LogP contribution in [0.15, 0.2) is 11.1 Å². The third-order valence-electron chi connectivity index (χ3n) is 4.47. The number of carbonyl (C=O) groups excluding carboxylic acids is 1. The molecule has 1 aliphatic carbocycles. The van der Waals surface area contributed by atoms with Crippen molar-refractivity contribution in [2.75, 3.05) is 0 Å². The lowest BCUT2D eigenvalue weighted by Gasteiger charge is -2.45. The highest BCUT2D eigenvalue weighted by Crippen LogP contribution is 2.40. The Morgan fingerprint density at radius 1 is 1.27 bits per heavy atom. The first-order valence-electron chi connectivity index (χ1n) is 5.75. The maximum atomic E-state index is 12.3. The fourth-order valence-corrected chi connectivity index (χ4v) is 2.63. The summed E-state index contributed by atoms with van der Waals surface area (Å²) in [7, 11) is 0. The Morgan fingerprint density at radius 3 is 2.13 bits per heavy atom. The summed E-state index contributed by atoms with van der Waals surface area (Å²) in [6, 6.07) is 0. The van der Waals surface area contributed by atoms with Crippen LogP contribution in [0.2, 0.25) is 0 Å². The molecule has 0 aromatic carbocycles. The van der Waals surface area contributed by atoms with Crippen LogP contribution in [0, 0.1) is 17.8 Å². The molecule has 0 radical (unpaired) electrons. The molecule has 0 spiro atoms. The molecule has 0 amide bonds. The van der Waals surface area contributed by atoms with Gasteiger partial charge in [0.25, 0.3) is 0 Å². The van der Waals surface area contributed by atoms with E-state index < -0.39 is 5.54 Å². The quantitative estimate of drug-likeness (QED) is 0.721. The van der Waals surface area contributed by atoms with Crippen LogP contribution < -0.4 is 5.73 Å². The Bertz CT molecular complexity index is 316. The number of ketones is 1. The minimum atomic E-state index is -0.678. The number of carbonyl (C=O) groups is 1. The first-order chi connectivity index (χ1) is 6.74. The minimum Gasteiger partial charge on any atom is -0.318 e. The zero-order valence-corrected chi connectivity index (χ0v) is 10.7. The summed E-state index contributed by atoms with van der Waals surface area (Å²) in [4.78, 5) is 12.3. The van der Waals surface area contributed by atoms with Gasteiger partial charge in [0, 0.05) is 0 Å². The van der Waals surface area contributed by atoms with Gasteiger partial charge in [-0.25, -0.2) is 0 Å². The standard InChI is InChI=1S/C13H23NO/c1-7(2)13(14)11(6)9(4)8(3)10(5)12(13)15/h7,9,11H,14H2,1-6H3. The molecule has 0 bridgehead atoms. The smallest absolute Gasteiger partial charge is 0.178 e. The van der Waals surface area contributed by atoms with Crippen molar-refractivity contribution in [3.05, 3.63) is 11.1 Å². The van der Waals surface area contributed by atoms with Gasteiger partial charge < -0.3 is 5.73 Å². The summed E-state index contributed by atoms with van der Waals surface area (Å²) in [5.41, 5.74) is 7.75. The van der Waals surface area contributed by atoms with Crippen LogP contribution in [0.4, 0.5) is 0 Å². The van der Waals surface area contributed by atoms with E-state index in [4.69, 9.17) is 5.73 Å². The van der Waals surface area contributed by atoms with Gasteiger partial charge >= 0.3 is 0 Å². The normalized spacial score (nSPS) is 37.7. The van der Waals surface area contributed by atoms with Gasteiger partial charge in [-0.2, -0.15) is 0 Å². The molecule has 0 fully saturated rings. The SMILES string of the molecule is CC1=C(C)C(C)C(C)C(N)(C(C)C)C1=O. The molecule has 0 saturated carbocycles. The van der Waals surface area contributed by atoms with Crippen LogP contribution in [0.1, 0.15) is 41.5 Å². The molecular weight excluding hydrogens is 186 g/mol. The van der Waals surface area contributed by atoms with Gasteiger partial charge in [-0.3, -0.25) is 4.79 Å². The fraction of sp³-hybridized carbons (Fsp3) is 0.769. The average Bonchev–Trinajstić information content (AvgIpc) is 2.20. The van der Waals surface area contributed by atoms with Gasteiger partial charge in [0.05, 0.1) is 5.54 Å². The molecule has 0 aromatic rings. The predicted molar refractivity (Wildman–Crippen MR) is 63.5 cm³/mol. The Kier molecular flexibility index (Phi) is 3.11. The number of allylic oxidation sites excluding steroid dienone is 1. The highest BCUT2D eigenvalue weighted by atomic mass is 16.1. The van der Waals surface area contributed by atoms with Gasteiger partial charge in [0.15, 0.2) is 5.78 Å². The molecule has 86 valence electrons. The van der Waals surface area contributed by atoms with E-state index in [1.807, 2.05) is 27.7 Å². The molecule has 0 aromatic heterocycles. The van der Waals surface area contributed by atoms with Crippen LogP contribution >= 0.6 is 0 Å². The van der Waals surface area contributed by atoms with E-state index in [-0.39, 0.29) is 17.6 Å². The molecule has 0 saturated heterocycles. The van der Waals surface area contributed by atoms with Crippen molar-refractivity contribution in [1.29, 1.82) is 0 Å². The predicted octanol–water partition coefficient (Wildman–Crippen LogP) is 2.53. The van der Waals surface area contributed by atoms with Crippen LogP contribution in [0.5, 0.6) is 0 Å². The summed E-state index contributed by atoms with van der Waals surface area (Å²) < 4.78 is 0. The van der Waals surface area contributed by atoms with Gasteiger partial charge in [-0.1, -0.05) is 33.3 Å². The Balaban J connectivity index is 3.31. The molecule has 3 atom stereocenters. The summed E-state index contributed by atoms with van der Waals surface area (Å²) in [6.45, 7) is 12.3. The highest BCUT2D eigenvalue weighted by molar-refractivity contribution is 6.04. The minimum absolute atomic E-state index is 0.139. The lowest BCUT2D eigenvalue weighted by atomic mass is 9.62. The summed E-state index contributed by atoms with van der Waals surface area (Å²) >= 11 is 0. The Morgan fingerprint density at radius 2 is 1.73 bits per heavy atom. The lowest BCUT2D eigenvalue weighted by Crippen LogP contribution is -2.61. The van der Waals surface area contributed by atoms with Crippen molar-refractivity contribution in [1.82, 2.24) is 0 Å². The number of hydrogen-bond acceptors (Lipinski definition) is 2. The van der Waals surface area contributed by atoms with Crippen molar-refractivity contribution < 1.29 is 4.79 Å². The van der Waals surface area contributed by atoms with E-state index in [1.54, 1.807) is 0 Å². The van der Waals surface area contributed by atoms with Crippen molar-refractivity contribution in [2.45, 2.75) is 47.1 Å². The summed E-state index contributed by atoms with van der Waals surface area (Å²) in [5.74, 6) is 0.940. The van der Waals surface area contributed by atoms with E-state index in [0.717, 1.165) is 5.57 Å². The molecule has 1 aliphatic rings. The molecule has 2 N–H and O–H groups in total.